The maximum Gasteiger partial charge on any atom is 0.138 e. The van der Waals surface area contributed by atoms with Crippen molar-refractivity contribution in [1.29, 1.82) is 5.26 Å². The molecule has 0 amide bonds. The molecular weight excluding hydrogens is 188 g/mol. The third kappa shape index (κ3) is 1.29. The fourth-order valence-electron chi connectivity index (χ4n) is 0.952. The van der Waals surface area contributed by atoms with Crippen LogP contribution in [0.25, 0.3) is 10.2 Å². The summed E-state index contributed by atoms with van der Waals surface area (Å²) in [5, 5.41) is 10.5. The number of thiocyanates is 1. The van der Waals surface area contributed by atoms with Crippen LogP contribution in [0.3, 0.4) is 0 Å². The third-order valence-corrected chi connectivity index (χ3v) is 2.84. The van der Waals surface area contributed by atoms with Crippen LogP contribution in [0.1, 0.15) is 0 Å². The van der Waals surface area contributed by atoms with E-state index in [0.29, 0.717) is 0 Å². The molecule has 0 spiro atoms. The van der Waals surface area contributed by atoms with Crippen LogP contribution in [-0.2, 0) is 0 Å². The van der Waals surface area contributed by atoms with E-state index < -0.39 is 0 Å². The third-order valence-electron chi connectivity index (χ3n) is 1.47. The van der Waals surface area contributed by atoms with Gasteiger partial charge in [-0.3, -0.25) is 0 Å². The molecule has 0 fully saturated rings. The molecule has 1 aromatic heterocycles. The summed E-state index contributed by atoms with van der Waals surface area (Å²) in [4.78, 5) is 5.13. The van der Waals surface area contributed by atoms with Crippen molar-refractivity contribution in [3.8, 4) is 5.40 Å². The van der Waals surface area contributed by atoms with Gasteiger partial charge in [0, 0.05) is 4.90 Å². The van der Waals surface area contributed by atoms with Crippen LogP contribution in [0.4, 0.5) is 0 Å². The largest absolute Gasteiger partial charge is 0.245 e. The summed E-state index contributed by atoms with van der Waals surface area (Å²) in [6.07, 6.45) is 0. The number of aromatic nitrogens is 1. The molecule has 0 saturated carbocycles. The molecular formula is C8H4N2S2. The van der Waals surface area contributed by atoms with E-state index in [0.717, 1.165) is 15.1 Å². The molecule has 2 nitrogen and oxygen atoms in total. The number of nitrogens with zero attached hydrogens (tertiary/aromatic N) is 2. The van der Waals surface area contributed by atoms with Crippen molar-refractivity contribution in [3.63, 3.8) is 0 Å². The Morgan fingerprint density at radius 2 is 2.42 bits per heavy atom. The molecule has 2 aromatic rings. The van der Waals surface area contributed by atoms with Gasteiger partial charge < -0.3 is 0 Å². The Kier molecular flexibility index (Phi) is 1.98. The van der Waals surface area contributed by atoms with E-state index in [4.69, 9.17) is 5.26 Å². The minimum absolute atomic E-state index is 0.981. The molecule has 2 rings (SSSR count). The van der Waals surface area contributed by atoms with Gasteiger partial charge in [-0.2, -0.15) is 5.26 Å². The highest BCUT2D eigenvalue weighted by molar-refractivity contribution is 8.03. The molecule has 12 heavy (non-hydrogen) atoms. The number of thioether (sulfide) groups is 1. The Labute approximate surface area is 77.9 Å². The number of thiazole rings is 1. The Morgan fingerprint density at radius 3 is 3.25 bits per heavy atom. The number of nitriles is 1. The molecule has 0 aliphatic carbocycles. The molecule has 0 atom stereocenters. The average molecular weight is 192 g/mol. The molecule has 58 valence electrons. The minimum Gasteiger partial charge on any atom is -0.245 e. The number of fused-ring (bicyclic) bond motifs is 1. The lowest BCUT2D eigenvalue weighted by atomic mass is 10.3. The van der Waals surface area contributed by atoms with Crippen molar-refractivity contribution in [2.45, 2.75) is 4.90 Å². The summed E-state index contributed by atoms with van der Waals surface area (Å²) >= 11 is 2.77. The zero-order chi connectivity index (χ0) is 8.39. The van der Waals surface area contributed by atoms with Gasteiger partial charge in [0.2, 0.25) is 0 Å². The van der Waals surface area contributed by atoms with Gasteiger partial charge in [-0.15, -0.1) is 11.3 Å². The van der Waals surface area contributed by atoms with Gasteiger partial charge in [0.25, 0.3) is 0 Å². The number of rotatable bonds is 1. The molecule has 4 heteroatoms. The van der Waals surface area contributed by atoms with Crippen LogP contribution in [0.5, 0.6) is 0 Å². The lowest BCUT2D eigenvalue weighted by Gasteiger charge is -1.91. The van der Waals surface area contributed by atoms with E-state index in [1.54, 1.807) is 11.3 Å². The molecule has 0 aliphatic heterocycles. The van der Waals surface area contributed by atoms with Crippen molar-refractivity contribution in [1.82, 2.24) is 4.98 Å². The van der Waals surface area contributed by atoms with E-state index in [1.807, 2.05) is 29.1 Å². The second-order valence-corrected chi connectivity index (χ2v) is 3.92. The summed E-state index contributed by atoms with van der Waals surface area (Å²) in [6.45, 7) is 0. The Bertz CT molecular complexity index is 441. The highest BCUT2D eigenvalue weighted by Crippen LogP contribution is 2.24. The second kappa shape index (κ2) is 3.13. The highest BCUT2D eigenvalue weighted by atomic mass is 32.2. The monoisotopic (exact) mass is 192 g/mol. The first-order valence-electron chi connectivity index (χ1n) is 3.29. The van der Waals surface area contributed by atoms with Crippen LogP contribution in [0.2, 0.25) is 0 Å². The van der Waals surface area contributed by atoms with Gasteiger partial charge in [0.1, 0.15) is 5.40 Å². The number of hydrogen-bond acceptors (Lipinski definition) is 4. The maximum absolute atomic E-state index is 8.44. The topological polar surface area (TPSA) is 36.7 Å². The van der Waals surface area contributed by atoms with Crippen LogP contribution >= 0.6 is 23.1 Å². The zero-order valence-electron chi connectivity index (χ0n) is 6.02. The molecule has 0 bridgehead atoms. The van der Waals surface area contributed by atoms with E-state index in [9.17, 15) is 0 Å². The Morgan fingerprint density at radius 1 is 1.50 bits per heavy atom. The fourth-order valence-corrected chi connectivity index (χ4v) is 2.16. The van der Waals surface area contributed by atoms with E-state index >= 15 is 0 Å². The van der Waals surface area contributed by atoms with Crippen LogP contribution in [0.15, 0.2) is 28.6 Å². The fraction of sp³-hybridized carbons (Fsp3) is 0. The summed E-state index contributed by atoms with van der Waals surface area (Å²) in [5.41, 5.74) is 2.81. The molecule has 0 radical (unpaired) electrons. The Balaban J connectivity index is 2.54. The first-order chi connectivity index (χ1) is 5.90. The van der Waals surface area contributed by atoms with E-state index in [1.165, 1.54) is 11.8 Å². The SMILES string of the molecule is N#CSc1ccc2ncsc2c1. The lowest BCUT2D eigenvalue weighted by molar-refractivity contribution is 1.46. The standard InChI is InChI=1S/C8H4N2S2/c9-4-11-6-1-2-7-8(3-6)12-5-10-7/h1-3,5H. The summed E-state index contributed by atoms with van der Waals surface area (Å²) in [6, 6.07) is 5.84. The van der Waals surface area contributed by atoms with Crippen molar-refractivity contribution in [2.75, 3.05) is 0 Å². The van der Waals surface area contributed by atoms with Crippen LogP contribution in [-0.4, -0.2) is 4.98 Å². The van der Waals surface area contributed by atoms with Gasteiger partial charge >= 0.3 is 0 Å². The molecule has 0 unspecified atom stereocenters. The Hall–Kier alpha value is -1.05. The first-order valence-corrected chi connectivity index (χ1v) is 4.99. The van der Waals surface area contributed by atoms with E-state index in [2.05, 4.69) is 4.98 Å². The highest BCUT2D eigenvalue weighted by Gasteiger charge is 1.97. The maximum atomic E-state index is 8.44. The van der Waals surface area contributed by atoms with Crippen molar-refractivity contribution >= 4 is 33.3 Å². The number of benzene rings is 1. The average Bonchev–Trinajstić information content (AvgIpc) is 2.51. The minimum atomic E-state index is 0.981. The van der Waals surface area contributed by atoms with E-state index in [-0.39, 0.29) is 0 Å². The van der Waals surface area contributed by atoms with Gasteiger partial charge in [0.05, 0.1) is 15.7 Å². The van der Waals surface area contributed by atoms with Crippen LogP contribution < -0.4 is 0 Å². The first kappa shape index (κ1) is 7.59. The normalized spacial score (nSPS) is 9.92. The van der Waals surface area contributed by atoms with Crippen molar-refractivity contribution < 1.29 is 0 Å². The van der Waals surface area contributed by atoms with Gasteiger partial charge in [-0.25, -0.2) is 4.98 Å². The predicted molar refractivity (Wildman–Crippen MR) is 51.1 cm³/mol. The summed E-state index contributed by atoms with van der Waals surface area (Å²) in [5.74, 6) is 0. The lowest BCUT2D eigenvalue weighted by Crippen LogP contribution is -1.68. The summed E-state index contributed by atoms with van der Waals surface area (Å²) in [7, 11) is 0. The second-order valence-electron chi connectivity index (χ2n) is 2.18. The molecule has 0 aliphatic rings. The van der Waals surface area contributed by atoms with Gasteiger partial charge in [-0.1, -0.05) is 0 Å². The van der Waals surface area contributed by atoms with Gasteiger partial charge in [0.15, 0.2) is 0 Å². The smallest absolute Gasteiger partial charge is 0.138 e. The molecule has 0 saturated heterocycles. The molecule has 1 aromatic carbocycles. The summed E-state index contributed by atoms with van der Waals surface area (Å²) < 4.78 is 1.13. The number of hydrogen-bond donors (Lipinski definition) is 0. The molecule has 0 N–H and O–H groups in total. The van der Waals surface area contributed by atoms with Crippen molar-refractivity contribution in [2.24, 2.45) is 0 Å². The predicted octanol–water partition coefficient (Wildman–Crippen LogP) is 2.87. The van der Waals surface area contributed by atoms with Gasteiger partial charge in [-0.05, 0) is 30.0 Å². The molecule has 1 heterocycles. The quantitative estimate of drug-likeness (QED) is 0.515. The van der Waals surface area contributed by atoms with Crippen molar-refractivity contribution in [3.05, 3.63) is 23.7 Å². The zero-order valence-corrected chi connectivity index (χ0v) is 7.65. The van der Waals surface area contributed by atoms with Crippen LogP contribution in [0, 0.1) is 10.7 Å².